The van der Waals surface area contributed by atoms with E-state index in [4.69, 9.17) is 9.16 Å². The monoisotopic (exact) mass is 244 g/mol. The van der Waals surface area contributed by atoms with Gasteiger partial charge < -0.3 is 9.16 Å². The second-order valence-electron chi connectivity index (χ2n) is 6.03. The largest absolute Gasteiger partial charge is 0.414 e. The molecule has 0 aromatic heterocycles. The van der Waals surface area contributed by atoms with Crippen molar-refractivity contribution >= 4 is 8.32 Å². The summed E-state index contributed by atoms with van der Waals surface area (Å²) in [6.45, 7) is 17.0. The van der Waals surface area contributed by atoms with Crippen LogP contribution in [0.25, 0.3) is 0 Å². The highest BCUT2D eigenvalue weighted by molar-refractivity contribution is 6.69. The Kier molecular flexibility index (Phi) is 5.94. The molecular formula is C13H28O2Si. The van der Waals surface area contributed by atoms with E-state index in [1.807, 2.05) is 6.08 Å². The summed E-state index contributed by atoms with van der Waals surface area (Å²) < 4.78 is 11.6. The molecule has 3 heteroatoms. The maximum atomic E-state index is 6.25. The first-order chi connectivity index (χ1) is 7.12. The third-order valence-corrected chi connectivity index (χ3v) is 3.79. The van der Waals surface area contributed by atoms with E-state index in [0.29, 0.717) is 0 Å². The molecular weight excluding hydrogens is 216 g/mol. The molecule has 0 aliphatic rings. The number of ether oxygens (including phenoxy) is 1. The van der Waals surface area contributed by atoms with Gasteiger partial charge in [-0.05, 0) is 33.0 Å². The molecule has 0 aliphatic heterocycles. The molecule has 0 N–H and O–H groups in total. The molecule has 96 valence electrons. The molecule has 2 nitrogen and oxygen atoms in total. The Hall–Kier alpha value is -0.123. The van der Waals surface area contributed by atoms with Crippen LogP contribution in [0.5, 0.6) is 0 Å². The smallest absolute Gasteiger partial charge is 0.184 e. The van der Waals surface area contributed by atoms with Crippen LogP contribution in [0, 0.1) is 5.41 Å². The molecule has 0 spiro atoms. The standard InChI is InChI=1S/C13H28O2Si/c1-9-13(3,4)12(10-11(2)14-5)15-16(6,7)8/h9,11-12H,1,10H2,2-8H3/t11-,12+/m1/s1. The molecule has 0 heterocycles. The summed E-state index contributed by atoms with van der Waals surface area (Å²) in [5, 5.41) is 0. The predicted octanol–water partition coefficient (Wildman–Crippen LogP) is 3.84. The average molecular weight is 244 g/mol. The van der Waals surface area contributed by atoms with Crippen LogP contribution in [0.4, 0.5) is 0 Å². The summed E-state index contributed by atoms with van der Waals surface area (Å²) in [5.74, 6) is 0. The molecule has 2 atom stereocenters. The van der Waals surface area contributed by atoms with Crippen molar-refractivity contribution in [3.63, 3.8) is 0 Å². The van der Waals surface area contributed by atoms with Crippen molar-refractivity contribution in [2.75, 3.05) is 7.11 Å². The minimum absolute atomic E-state index is 0.00687. The topological polar surface area (TPSA) is 18.5 Å². The van der Waals surface area contributed by atoms with Crippen LogP contribution in [0.1, 0.15) is 27.2 Å². The summed E-state index contributed by atoms with van der Waals surface area (Å²) in [7, 11) is 0.218. The Balaban J connectivity index is 4.70. The third kappa shape index (κ3) is 5.82. The Morgan fingerprint density at radius 2 is 1.81 bits per heavy atom. The second kappa shape index (κ2) is 5.99. The van der Waals surface area contributed by atoms with E-state index in [1.165, 1.54) is 0 Å². The highest BCUT2D eigenvalue weighted by Gasteiger charge is 2.32. The van der Waals surface area contributed by atoms with Gasteiger partial charge in [0.1, 0.15) is 0 Å². The van der Waals surface area contributed by atoms with E-state index < -0.39 is 8.32 Å². The maximum absolute atomic E-state index is 6.25. The Morgan fingerprint density at radius 1 is 1.31 bits per heavy atom. The first kappa shape index (κ1) is 15.9. The van der Waals surface area contributed by atoms with Gasteiger partial charge in [0, 0.05) is 12.5 Å². The Labute approximate surface area is 102 Å². The lowest BCUT2D eigenvalue weighted by molar-refractivity contribution is 0.0249. The number of rotatable bonds is 7. The second-order valence-corrected chi connectivity index (χ2v) is 10.5. The van der Waals surface area contributed by atoms with Crippen molar-refractivity contribution < 1.29 is 9.16 Å². The minimum atomic E-state index is -1.53. The van der Waals surface area contributed by atoms with Gasteiger partial charge in [0.05, 0.1) is 12.2 Å². The van der Waals surface area contributed by atoms with Crippen LogP contribution in [0.2, 0.25) is 19.6 Å². The van der Waals surface area contributed by atoms with E-state index in [9.17, 15) is 0 Å². The molecule has 16 heavy (non-hydrogen) atoms. The van der Waals surface area contributed by atoms with Crippen LogP contribution in [0.15, 0.2) is 12.7 Å². The zero-order valence-corrected chi connectivity index (χ0v) is 13.0. The van der Waals surface area contributed by atoms with Gasteiger partial charge in [-0.1, -0.05) is 19.9 Å². The quantitative estimate of drug-likeness (QED) is 0.500. The highest BCUT2D eigenvalue weighted by atomic mass is 28.4. The lowest BCUT2D eigenvalue weighted by atomic mass is 9.84. The van der Waals surface area contributed by atoms with Gasteiger partial charge in [0.2, 0.25) is 0 Å². The minimum Gasteiger partial charge on any atom is -0.414 e. The van der Waals surface area contributed by atoms with Crippen molar-refractivity contribution in [3.8, 4) is 0 Å². The molecule has 0 aromatic carbocycles. The van der Waals surface area contributed by atoms with E-state index in [2.05, 4.69) is 47.0 Å². The lowest BCUT2D eigenvalue weighted by Gasteiger charge is -2.37. The highest BCUT2D eigenvalue weighted by Crippen LogP contribution is 2.30. The Morgan fingerprint density at radius 3 is 2.12 bits per heavy atom. The van der Waals surface area contributed by atoms with Gasteiger partial charge in [-0.3, -0.25) is 0 Å². The third-order valence-electron chi connectivity index (χ3n) is 2.80. The van der Waals surface area contributed by atoms with Crippen molar-refractivity contribution in [2.24, 2.45) is 5.41 Å². The molecule has 0 radical (unpaired) electrons. The molecule has 0 bridgehead atoms. The maximum Gasteiger partial charge on any atom is 0.184 e. The number of methoxy groups -OCH3 is 1. The summed E-state index contributed by atoms with van der Waals surface area (Å²) in [6, 6.07) is 0. The number of hydrogen-bond acceptors (Lipinski definition) is 2. The van der Waals surface area contributed by atoms with E-state index >= 15 is 0 Å². The van der Waals surface area contributed by atoms with Crippen molar-refractivity contribution in [1.29, 1.82) is 0 Å². The predicted molar refractivity (Wildman–Crippen MR) is 73.3 cm³/mol. The van der Waals surface area contributed by atoms with Crippen LogP contribution in [-0.2, 0) is 9.16 Å². The van der Waals surface area contributed by atoms with E-state index in [0.717, 1.165) is 6.42 Å². The van der Waals surface area contributed by atoms with Crippen LogP contribution in [-0.4, -0.2) is 27.6 Å². The van der Waals surface area contributed by atoms with Gasteiger partial charge in [0.15, 0.2) is 8.32 Å². The number of hydrogen-bond donors (Lipinski definition) is 0. The normalized spacial score (nSPS) is 16.9. The molecule has 0 unspecified atom stereocenters. The van der Waals surface area contributed by atoms with Crippen LogP contribution < -0.4 is 0 Å². The SMILES string of the molecule is C=CC(C)(C)[C@H](C[C@@H](C)OC)O[Si](C)(C)C. The fourth-order valence-corrected chi connectivity index (χ4v) is 2.71. The van der Waals surface area contributed by atoms with Crippen molar-refractivity contribution in [3.05, 3.63) is 12.7 Å². The fourth-order valence-electron chi connectivity index (χ4n) is 1.46. The van der Waals surface area contributed by atoms with Crippen molar-refractivity contribution in [1.82, 2.24) is 0 Å². The van der Waals surface area contributed by atoms with E-state index in [1.54, 1.807) is 7.11 Å². The van der Waals surface area contributed by atoms with Crippen molar-refractivity contribution in [2.45, 2.75) is 59.0 Å². The zero-order chi connectivity index (χ0) is 13.0. The van der Waals surface area contributed by atoms with Crippen LogP contribution >= 0.6 is 0 Å². The first-order valence-electron chi connectivity index (χ1n) is 5.96. The molecule has 0 aliphatic carbocycles. The Bertz CT molecular complexity index is 218. The molecule has 0 saturated carbocycles. The van der Waals surface area contributed by atoms with Gasteiger partial charge in [-0.15, -0.1) is 6.58 Å². The molecule has 0 aromatic rings. The molecule has 0 amide bonds. The van der Waals surface area contributed by atoms with Crippen LogP contribution in [0.3, 0.4) is 0 Å². The summed E-state index contributed by atoms with van der Waals surface area (Å²) in [4.78, 5) is 0. The summed E-state index contributed by atoms with van der Waals surface area (Å²) in [6.07, 6.45) is 3.31. The molecule has 0 fully saturated rings. The zero-order valence-electron chi connectivity index (χ0n) is 12.0. The summed E-state index contributed by atoms with van der Waals surface area (Å²) >= 11 is 0. The van der Waals surface area contributed by atoms with Gasteiger partial charge in [-0.25, -0.2) is 0 Å². The molecule has 0 rings (SSSR count). The fraction of sp³-hybridized carbons (Fsp3) is 0.846. The average Bonchev–Trinajstić information content (AvgIpc) is 2.14. The van der Waals surface area contributed by atoms with Gasteiger partial charge >= 0.3 is 0 Å². The first-order valence-corrected chi connectivity index (χ1v) is 9.37. The van der Waals surface area contributed by atoms with Gasteiger partial charge in [-0.2, -0.15) is 0 Å². The lowest BCUT2D eigenvalue weighted by Crippen LogP contribution is -2.41. The molecule has 0 saturated heterocycles. The van der Waals surface area contributed by atoms with Gasteiger partial charge in [0.25, 0.3) is 0 Å². The van der Waals surface area contributed by atoms with E-state index in [-0.39, 0.29) is 17.6 Å². The summed E-state index contributed by atoms with van der Waals surface area (Å²) in [5.41, 5.74) is -0.00687.